The van der Waals surface area contributed by atoms with Crippen LogP contribution in [0.5, 0.6) is 0 Å². The molecule has 2 rings (SSSR count). The Morgan fingerprint density at radius 2 is 2.11 bits per heavy atom. The van der Waals surface area contributed by atoms with Gasteiger partial charge in [0.25, 0.3) is 5.69 Å². The van der Waals surface area contributed by atoms with Crippen LogP contribution in [0.1, 0.15) is 25.5 Å². The van der Waals surface area contributed by atoms with Crippen LogP contribution < -0.4 is 0 Å². The molecule has 0 bridgehead atoms. The van der Waals surface area contributed by atoms with E-state index in [0.29, 0.717) is 12.5 Å². The first-order valence-electron chi connectivity index (χ1n) is 6.31. The zero-order chi connectivity index (χ0) is 14.0. The number of benzene rings is 1. The Kier molecular flexibility index (Phi) is 3.85. The van der Waals surface area contributed by atoms with Gasteiger partial charge in [0.15, 0.2) is 0 Å². The number of nitro benzene ring substituents is 1. The molecule has 1 aromatic heterocycles. The van der Waals surface area contributed by atoms with Crippen molar-refractivity contribution < 1.29 is 9.66 Å². The lowest BCUT2D eigenvalue weighted by molar-refractivity contribution is -0.384. The van der Waals surface area contributed by atoms with Crippen molar-refractivity contribution in [3.63, 3.8) is 0 Å². The molecule has 0 N–H and O–H groups in total. The number of non-ortho nitro benzene ring substituents is 1. The standard InChI is InChI=1S/C14H18N2O3/c1-10(2)14-9-11-8-12(16(17)18)4-5-13(11)15(14)6-7-19-3/h4-5,8-10H,6-7H2,1-3H3. The van der Waals surface area contributed by atoms with E-state index in [4.69, 9.17) is 4.74 Å². The Balaban J connectivity index is 2.56. The van der Waals surface area contributed by atoms with Crippen LogP contribution in [0.4, 0.5) is 5.69 Å². The molecule has 2 aromatic rings. The van der Waals surface area contributed by atoms with E-state index in [1.54, 1.807) is 19.2 Å². The molecular formula is C14H18N2O3. The van der Waals surface area contributed by atoms with Gasteiger partial charge in [-0.3, -0.25) is 10.1 Å². The third-order valence-corrected chi connectivity index (χ3v) is 3.24. The summed E-state index contributed by atoms with van der Waals surface area (Å²) < 4.78 is 7.31. The maximum Gasteiger partial charge on any atom is 0.270 e. The first kappa shape index (κ1) is 13.5. The van der Waals surface area contributed by atoms with Gasteiger partial charge >= 0.3 is 0 Å². The van der Waals surface area contributed by atoms with Crippen LogP contribution in [0.15, 0.2) is 24.3 Å². The van der Waals surface area contributed by atoms with Gasteiger partial charge in [-0.25, -0.2) is 0 Å². The number of ether oxygens (including phenoxy) is 1. The third-order valence-electron chi connectivity index (χ3n) is 3.24. The second-order valence-corrected chi connectivity index (χ2v) is 4.87. The zero-order valence-electron chi connectivity index (χ0n) is 11.4. The first-order chi connectivity index (χ1) is 9.04. The number of rotatable bonds is 5. The molecule has 0 aliphatic carbocycles. The van der Waals surface area contributed by atoms with Crippen molar-refractivity contribution in [2.75, 3.05) is 13.7 Å². The Hall–Kier alpha value is -1.88. The predicted molar refractivity (Wildman–Crippen MR) is 74.6 cm³/mol. The first-order valence-corrected chi connectivity index (χ1v) is 6.31. The summed E-state index contributed by atoms with van der Waals surface area (Å²) in [5, 5.41) is 11.7. The van der Waals surface area contributed by atoms with Gasteiger partial charge < -0.3 is 9.30 Å². The maximum absolute atomic E-state index is 10.8. The summed E-state index contributed by atoms with van der Waals surface area (Å²) in [4.78, 5) is 10.5. The minimum Gasteiger partial charge on any atom is -0.383 e. The molecule has 5 heteroatoms. The van der Waals surface area contributed by atoms with E-state index < -0.39 is 0 Å². The van der Waals surface area contributed by atoms with Crippen molar-refractivity contribution in [2.45, 2.75) is 26.3 Å². The maximum atomic E-state index is 10.8. The number of aromatic nitrogens is 1. The van der Waals surface area contributed by atoms with Crippen LogP contribution in [0.2, 0.25) is 0 Å². The van der Waals surface area contributed by atoms with Crippen LogP contribution in [0.3, 0.4) is 0 Å². The molecule has 0 aliphatic heterocycles. The molecule has 1 aromatic carbocycles. The molecule has 0 fully saturated rings. The lowest BCUT2D eigenvalue weighted by Crippen LogP contribution is -2.08. The molecule has 0 unspecified atom stereocenters. The van der Waals surface area contributed by atoms with E-state index in [-0.39, 0.29) is 10.6 Å². The second-order valence-electron chi connectivity index (χ2n) is 4.87. The van der Waals surface area contributed by atoms with Crippen LogP contribution in [0, 0.1) is 10.1 Å². The van der Waals surface area contributed by atoms with Crippen molar-refractivity contribution in [1.82, 2.24) is 4.57 Å². The molecular weight excluding hydrogens is 244 g/mol. The Morgan fingerprint density at radius 1 is 1.37 bits per heavy atom. The minimum absolute atomic E-state index is 0.131. The summed E-state index contributed by atoms with van der Waals surface area (Å²) in [7, 11) is 1.67. The third kappa shape index (κ3) is 2.61. The van der Waals surface area contributed by atoms with Gasteiger partial charge in [-0.05, 0) is 18.1 Å². The van der Waals surface area contributed by atoms with Crippen molar-refractivity contribution >= 4 is 16.6 Å². The van der Waals surface area contributed by atoms with Crippen LogP contribution in [0.25, 0.3) is 10.9 Å². The quantitative estimate of drug-likeness (QED) is 0.613. The van der Waals surface area contributed by atoms with E-state index in [0.717, 1.165) is 17.4 Å². The van der Waals surface area contributed by atoms with Gasteiger partial charge in [0.05, 0.1) is 11.5 Å². The number of hydrogen-bond donors (Lipinski definition) is 0. The highest BCUT2D eigenvalue weighted by molar-refractivity contribution is 5.83. The number of nitrogens with zero attached hydrogens (tertiary/aromatic N) is 2. The van der Waals surface area contributed by atoms with Gasteiger partial charge in [-0.15, -0.1) is 0 Å². The lowest BCUT2D eigenvalue weighted by atomic mass is 10.1. The summed E-state index contributed by atoms with van der Waals surface area (Å²) in [6.45, 7) is 5.61. The molecule has 0 radical (unpaired) electrons. The SMILES string of the molecule is COCCn1c(C(C)C)cc2cc([N+](=O)[O-])ccc21. The van der Waals surface area contributed by atoms with Gasteiger partial charge in [-0.1, -0.05) is 13.8 Å². The monoisotopic (exact) mass is 262 g/mol. The predicted octanol–water partition coefficient (Wildman–Crippen LogP) is 3.32. The summed E-state index contributed by atoms with van der Waals surface area (Å²) >= 11 is 0. The van der Waals surface area contributed by atoms with E-state index in [2.05, 4.69) is 18.4 Å². The van der Waals surface area contributed by atoms with Crippen LogP contribution >= 0.6 is 0 Å². The normalized spacial score (nSPS) is 11.4. The topological polar surface area (TPSA) is 57.3 Å². The smallest absolute Gasteiger partial charge is 0.270 e. The molecule has 0 aliphatic rings. The molecule has 0 saturated carbocycles. The van der Waals surface area contributed by atoms with Gasteiger partial charge in [0.1, 0.15) is 0 Å². The average Bonchev–Trinajstić information content (AvgIpc) is 2.74. The number of methoxy groups -OCH3 is 1. The van der Waals surface area contributed by atoms with Crippen molar-refractivity contribution in [1.29, 1.82) is 0 Å². The average molecular weight is 262 g/mol. The van der Waals surface area contributed by atoms with Crippen molar-refractivity contribution in [3.05, 3.63) is 40.1 Å². The Morgan fingerprint density at radius 3 is 2.68 bits per heavy atom. The fourth-order valence-electron chi connectivity index (χ4n) is 2.30. The number of fused-ring (bicyclic) bond motifs is 1. The molecule has 0 spiro atoms. The second kappa shape index (κ2) is 5.40. The summed E-state index contributed by atoms with van der Waals surface area (Å²) in [6.07, 6.45) is 0. The highest BCUT2D eigenvalue weighted by Crippen LogP contribution is 2.28. The molecule has 5 nitrogen and oxygen atoms in total. The number of nitro groups is 1. The van der Waals surface area contributed by atoms with E-state index in [1.165, 1.54) is 5.69 Å². The molecule has 19 heavy (non-hydrogen) atoms. The fourth-order valence-corrected chi connectivity index (χ4v) is 2.30. The largest absolute Gasteiger partial charge is 0.383 e. The Bertz CT molecular complexity index is 602. The van der Waals surface area contributed by atoms with Gasteiger partial charge in [-0.2, -0.15) is 0 Å². The van der Waals surface area contributed by atoms with E-state index in [9.17, 15) is 10.1 Å². The summed E-state index contributed by atoms with van der Waals surface area (Å²) in [5.74, 6) is 0.364. The van der Waals surface area contributed by atoms with Crippen molar-refractivity contribution in [2.24, 2.45) is 0 Å². The molecule has 1 heterocycles. The fraction of sp³-hybridized carbons (Fsp3) is 0.429. The van der Waals surface area contributed by atoms with E-state index in [1.807, 2.05) is 12.1 Å². The minimum atomic E-state index is -0.360. The Labute approximate surface area is 111 Å². The molecule has 102 valence electrons. The molecule has 0 saturated heterocycles. The van der Waals surface area contributed by atoms with Crippen LogP contribution in [-0.4, -0.2) is 23.2 Å². The lowest BCUT2D eigenvalue weighted by Gasteiger charge is -2.12. The van der Waals surface area contributed by atoms with Crippen molar-refractivity contribution in [3.8, 4) is 0 Å². The molecule has 0 atom stereocenters. The van der Waals surface area contributed by atoms with Gasteiger partial charge in [0, 0.05) is 42.4 Å². The number of hydrogen-bond acceptors (Lipinski definition) is 3. The highest BCUT2D eigenvalue weighted by Gasteiger charge is 2.14. The summed E-state index contributed by atoms with van der Waals surface area (Å²) in [5.41, 5.74) is 2.32. The molecule has 0 amide bonds. The van der Waals surface area contributed by atoms with Gasteiger partial charge in [0.2, 0.25) is 0 Å². The van der Waals surface area contributed by atoms with Crippen LogP contribution in [-0.2, 0) is 11.3 Å². The summed E-state index contributed by atoms with van der Waals surface area (Å²) in [6, 6.07) is 7.03. The zero-order valence-corrected chi connectivity index (χ0v) is 11.4. The van der Waals surface area contributed by atoms with E-state index >= 15 is 0 Å². The highest BCUT2D eigenvalue weighted by atomic mass is 16.6.